The highest BCUT2D eigenvalue weighted by Gasteiger charge is 2.29. The molecule has 0 aliphatic carbocycles. The van der Waals surface area contributed by atoms with Crippen LogP contribution in [0.3, 0.4) is 0 Å². The highest BCUT2D eigenvalue weighted by Crippen LogP contribution is 2.33. The Bertz CT molecular complexity index is 758. The van der Waals surface area contributed by atoms with Crippen LogP contribution in [0.25, 0.3) is 12.2 Å². The lowest BCUT2D eigenvalue weighted by molar-refractivity contribution is 0.0513. The summed E-state index contributed by atoms with van der Waals surface area (Å²) in [5.74, 6) is -2.99. The molecule has 0 amide bonds. The predicted molar refractivity (Wildman–Crippen MR) is 90.6 cm³/mol. The molecular formula is C20H18F2O. The lowest BCUT2D eigenvalue weighted by atomic mass is 9.98. The quantitative estimate of drug-likeness (QED) is 0.396. The number of hydrogen-bond donors (Lipinski definition) is 0. The van der Waals surface area contributed by atoms with Gasteiger partial charge in [-0.05, 0) is 48.7 Å². The van der Waals surface area contributed by atoms with Gasteiger partial charge in [0.25, 0.3) is 5.92 Å². The molecule has 0 aromatic heterocycles. The summed E-state index contributed by atoms with van der Waals surface area (Å²) in [6.45, 7) is 3.25. The molecule has 3 heteroatoms. The minimum Gasteiger partial charge on any atom is -0.298 e. The third-order valence-electron chi connectivity index (χ3n) is 3.51. The SMILES string of the molecule is C/C=C/C(F)(F)c1cc(/C=C/c2cccc(C=O)c2)ccc1C. The van der Waals surface area contributed by atoms with Crippen LogP contribution in [0.5, 0.6) is 0 Å². The molecule has 0 unspecified atom stereocenters. The van der Waals surface area contributed by atoms with E-state index >= 15 is 0 Å². The predicted octanol–water partition coefficient (Wildman–Crippen LogP) is 5.65. The molecule has 0 bridgehead atoms. The maximum absolute atomic E-state index is 14.1. The van der Waals surface area contributed by atoms with Crippen LogP contribution in [-0.2, 0) is 5.92 Å². The van der Waals surface area contributed by atoms with Gasteiger partial charge in [0.05, 0.1) is 0 Å². The molecule has 2 aromatic carbocycles. The van der Waals surface area contributed by atoms with Gasteiger partial charge in [0.1, 0.15) is 6.29 Å². The monoisotopic (exact) mass is 312 g/mol. The first kappa shape index (κ1) is 16.8. The summed E-state index contributed by atoms with van der Waals surface area (Å²) in [7, 11) is 0. The van der Waals surface area contributed by atoms with E-state index in [9.17, 15) is 13.6 Å². The van der Waals surface area contributed by atoms with Crippen LogP contribution in [0, 0.1) is 6.92 Å². The second-order valence-electron chi connectivity index (χ2n) is 5.32. The van der Waals surface area contributed by atoms with E-state index in [-0.39, 0.29) is 5.56 Å². The van der Waals surface area contributed by atoms with E-state index in [1.54, 1.807) is 56.3 Å². The summed E-state index contributed by atoms with van der Waals surface area (Å²) in [4.78, 5) is 10.8. The standard InChI is InChI=1S/C20H18F2O/c1-3-11-20(21,22)19-13-17(8-7-15(19)2)10-9-16-5-4-6-18(12-16)14-23/h3-14H,1-2H3/b10-9+,11-3+. The van der Waals surface area contributed by atoms with Crippen molar-refractivity contribution in [3.63, 3.8) is 0 Å². The van der Waals surface area contributed by atoms with Crippen molar-refractivity contribution < 1.29 is 13.6 Å². The van der Waals surface area contributed by atoms with Crippen molar-refractivity contribution in [1.29, 1.82) is 0 Å². The number of carbonyl (C=O) groups excluding carboxylic acids is 1. The van der Waals surface area contributed by atoms with Crippen LogP contribution in [0.15, 0.2) is 54.6 Å². The number of aldehydes is 1. The van der Waals surface area contributed by atoms with Crippen LogP contribution in [0.4, 0.5) is 8.78 Å². The second-order valence-corrected chi connectivity index (χ2v) is 5.32. The van der Waals surface area contributed by atoms with Crippen molar-refractivity contribution in [1.82, 2.24) is 0 Å². The molecule has 0 aliphatic heterocycles. The van der Waals surface area contributed by atoms with E-state index in [2.05, 4.69) is 0 Å². The van der Waals surface area contributed by atoms with Gasteiger partial charge in [-0.1, -0.05) is 48.6 Å². The molecule has 0 N–H and O–H groups in total. The summed E-state index contributed by atoms with van der Waals surface area (Å²) in [5, 5.41) is 0. The average Bonchev–Trinajstić information content (AvgIpc) is 2.54. The summed E-state index contributed by atoms with van der Waals surface area (Å²) < 4.78 is 28.2. The van der Waals surface area contributed by atoms with Crippen LogP contribution < -0.4 is 0 Å². The van der Waals surface area contributed by atoms with Gasteiger partial charge in [-0.25, -0.2) is 0 Å². The van der Waals surface area contributed by atoms with E-state index in [1.165, 1.54) is 12.1 Å². The Labute approximate surface area is 135 Å². The van der Waals surface area contributed by atoms with Crippen LogP contribution in [0.2, 0.25) is 0 Å². The van der Waals surface area contributed by atoms with Crippen LogP contribution >= 0.6 is 0 Å². The number of halogens is 2. The summed E-state index contributed by atoms with van der Waals surface area (Å²) in [5.41, 5.74) is 2.66. The van der Waals surface area contributed by atoms with Gasteiger partial charge < -0.3 is 0 Å². The zero-order valence-electron chi connectivity index (χ0n) is 13.1. The van der Waals surface area contributed by atoms with Gasteiger partial charge in [-0.3, -0.25) is 4.79 Å². The second kappa shape index (κ2) is 7.14. The normalized spacial score (nSPS) is 12.2. The Morgan fingerprint density at radius 2 is 1.61 bits per heavy atom. The number of benzene rings is 2. The van der Waals surface area contributed by atoms with Crippen molar-refractivity contribution in [3.05, 3.63) is 82.4 Å². The van der Waals surface area contributed by atoms with E-state index in [1.807, 2.05) is 6.07 Å². The van der Waals surface area contributed by atoms with Crippen molar-refractivity contribution in [2.45, 2.75) is 19.8 Å². The lowest BCUT2D eigenvalue weighted by Gasteiger charge is -2.15. The molecule has 23 heavy (non-hydrogen) atoms. The first-order valence-electron chi connectivity index (χ1n) is 7.32. The molecule has 0 saturated heterocycles. The smallest absolute Gasteiger partial charge is 0.291 e. The van der Waals surface area contributed by atoms with Gasteiger partial charge in [-0.2, -0.15) is 8.78 Å². The fraction of sp³-hybridized carbons (Fsp3) is 0.150. The molecule has 0 saturated carbocycles. The van der Waals surface area contributed by atoms with E-state index in [4.69, 9.17) is 0 Å². The minimum atomic E-state index is -2.99. The maximum atomic E-state index is 14.1. The first-order valence-corrected chi connectivity index (χ1v) is 7.32. The largest absolute Gasteiger partial charge is 0.298 e. The molecule has 2 rings (SSSR count). The van der Waals surface area contributed by atoms with E-state index in [0.29, 0.717) is 16.7 Å². The Hall–Kier alpha value is -2.55. The van der Waals surface area contributed by atoms with Crippen molar-refractivity contribution >= 4 is 18.4 Å². The number of aryl methyl sites for hydroxylation is 1. The minimum absolute atomic E-state index is 0.000563. The topological polar surface area (TPSA) is 17.1 Å². The number of alkyl halides is 2. The number of carbonyl (C=O) groups is 1. The Morgan fingerprint density at radius 1 is 0.957 bits per heavy atom. The number of allylic oxidation sites excluding steroid dienone is 2. The summed E-state index contributed by atoms with van der Waals surface area (Å²) in [6, 6.07) is 12.1. The third-order valence-corrected chi connectivity index (χ3v) is 3.51. The molecule has 2 aromatic rings. The van der Waals surface area contributed by atoms with Gasteiger partial charge in [-0.15, -0.1) is 0 Å². The molecular weight excluding hydrogens is 294 g/mol. The summed E-state index contributed by atoms with van der Waals surface area (Å²) in [6.07, 6.45) is 6.59. The van der Waals surface area contributed by atoms with Crippen molar-refractivity contribution in [2.24, 2.45) is 0 Å². The Balaban J connectivity index is 2.34. The zero-order valence-corrected chi connectivity index (χ0v) is 13.1. The van der Waals surface area contributed by atoms with Crippen molar-refractivity contribution in [2.75, 3.05) is 0 Å². The Kier molecular flexibility index (Phi) is 5.22. The molecule has 1 nitrogen and oxygen atoms in total. The number of rotatable bonds is 5. The highest BCUT2D eigenvalue weighted by molar-refractivity contribution is 5.78. The van der Waals surface area contributed by atoms with Gasteiger partial charge >= 0.3 is 0 Å². The van der Waals surface area contributed by atoms with Crippen LogP contribution in [0.1, 0.15) is 39.5 Å². The van der Waals surface area contributed by atoms with Crippen LogP contribution in [-0.4, -0.2) is 6.29 Å². The molecule has 0 fully saturated rings. The van der Waals surface area contributed by atoms with E-state index in [0.717, 1.165) is 17.9 Å². The average molecular weight is 312 g/mol. The van der Waals surface area contributed by atoms with Gasteiger partial charge in [0, 0.05) is 11.1 Å². The zero-order chi connectivity index (χ0) is 16.9. The van der Waals surface area contributed by atoms with Gasteiger partial charge in [0.2, 0.25) is 0 Å². The first-order chi connectivity index (χ1) is 11.0. The molecule has 0 radical (unpaired) electrons. The number of hydrogen-bond acceptors (Lipinski definition) is 1. The van der Waals surface area contributed by atoms with E-state index < -0.39 is 5.92 Å². The molecule has 0 heterocycles. The summed E-state index contributed by atoms with van der Waals surface area (Å²) >= 11 is 0. The van der Waals surface area contributed by atoms with Crippen molar-refractivity contribution in [3.8, 4) is 0 Å². The lowest BCUT2D eigenvalue weighted by Crippen LogP contribution is -2.11. The molecule has 0 spiro atoms. The fourth-order valence-electron chi connectivity index (χ4n) is 2.33. The highest BCUT2D eigenvalue weighted by atomic mass is 19.3. The Morgan fingerprint density at radius 3 is 2.26 bits per heavy atom. The van der Waals surface area contributed by atoms with Gasteiger partial charge in [0.15, 0.2) is 0 Å². The molecule has 0 atom stereocenters. The molecule has 118 valence electrons. The molecule has 0 aliphatic rings. The third kappa shape index (κ3) is 4.22. The fourth-order valence-corrected chi connectivity index (χ4v) is 2.33. The maximum Gasteiger partial charge on any atom is 0.291 e.